The van der Waals surface area contributed by atoms with E-state index in [0.717, 1.165) is 34.3 Å². The van der Waals surface area contributed by atoms with Crippen LogP contribution in [0.4, 0.5) is 0 Å². The Kier molecular flexibility index (Phi) is 5.68. The van der Waals surface area contributed by atoms with Gasteiger partial charge in [-0.1, -0.05) is 79.6 Å². The van der Waals surface area contributed by atoms with Gasteiger partial charge in [-0.15, -0.1) is 0 Å². The first kappa shape index (κ1) is 18.0. The third-order valence-electron chi connectivity index (χ3n) is 4.91. The number of thioether (sulfide) groups is 1. The summed E-state index contributed by atoms with van der Waals surface area (Å²) in [6.45, 7) is 0. The molecule has 1 fully saturated rings. The maximum Gasteiger partial charge on any atom is 0.230 e. The molecule has 1 aliphatic carbocycles. The van der Waals surface area contributed by atoms with E-state index in [1.54, 1.807) is 0 Å². The lowest BCUT2D eigenvalue weighted by Gasteiger charge is -2.22. The van der Waals surface area contributed by atoms with E-state index in [-0.39, 0.29) is 5.91 Å². The average Bonchev–Trinajstić information content (AvgIpc) is 2.73. The molecule has 0 saturated heterocycles. The Morgan fingerprint density at radius 2 is 1.70 bits per heavy atom. The van der Waals surface area contributed by atoms with Crippen molar-refractivity contribution in [3.8, 4) is 11.4 Å². The SMILES string of the molecule is O=C(CSc1nc(-c2ccccc2)nc2ccccc12)NC1CCCCC1. The van der Waals surface area contributed by atoms with E-state index in [2.05, 4.69) is 5.32 Å². The van der Waals surface area contributed by atoms with Gasteiger partial charge in [0.1, 0.15) is 5.03 Å². The zero-order valence-corrected chi connectivity index (χ0v) is 16.0. The van der Waals surface area contributed by atoms with Gasteiger partial charge in [-0.2, -0.15) is 0 Å². The summed E-state index contributed by atoms with van der Waals surface area (Å²) in [7, 11) is 0. The van der Waals surface area contributed by atoms with Gasteiger partial charge in [-0.25, -0.2) is 9.97 Å². The normalized spacial score (nSPS) is 15.0. The number of hydrogen-bond acceptors (Lipinski definition) is 4. The molecule has 27 heavy (non-hydrogen) atoms. The van der Waals surface area contributed by atoms with Gasteiger partial charge >= 0.3 is 0 Å². The Labute approximate surface area is 163 Å². The van der Waals surface area contributed by atoms with Crippen molar-refractivity contribution in [1.82, 2.24) is 15.3 Å². The molecule has 1 amide bonds. The molecule has 138 valence electrons. The highest BCUT2D eigenvalue weighted by atomic mass is 32.2. The lowest BCUT2D eigenvalue weighted by atomic mass is 9.95. The molecule has 0 aliphatic heterocycles. The van der Waals surface area contributed by atoms with Gasteiger partial charge in [0.05, 0.1) is 11.3 Å². The van der Waals surface area contributed by atoms with Crippen LogP contribution in [0.2, 0.25) is 0 Å². The van der Waals surface area contributed by atoms with Crippen molar-refractivity contribution in [3.63, 3.8) is 0 Å². The molecule has 3 aromatic rings. The molecule has 0 atom stereocenters. The Morgan fingerprint density at radius 3 is 2.52 bits per heavy atom. The standard InChI is InChI=1S/C22H23N3OS/c26-20(23-17-11-5-2-6-12-17)15-27-22-18-13-7-8-14-19(18)24-21(25-22)16-9-3-1-4-10-16/h1,3-4,7-10,13-14,17H,2,5-6,11-12,15H2,(H,23,26). The Balaban J connectivity index is 1.54. The number of fused-ring (bicyclic) bond motifs is 1. The van der Waals surface area contributed by atoms with Crippen molar-refractivity contribution >= 4 is 28.6 Å². The van der Waals surface area contributed by atoms with Crippen LogP contribution in [0, 0.1) is 0 Å². The van der Waals surface area contributed by atoms with E-state index < -0.39 is 0 Å². The Hall–Kier alpha value is -2.40. The van der Waals surface area contributed by atoms with Gasteiger partial charge < -0.3 is 5.32 Å². The van der Waals surface area contributed by atoms with Crippen molar-refractivity contribution in [1.29, 1.82) is 0 Å². The highest BCUT2D eigenvalue weighted by Gasteiger charge is 2.17. The predicted molar refractivity (Wildman–Crippen MR) is 111 cm³/mol. The fourth-order valence-electron chi connectivity index (χ4n) is 3.52. The van der Waals surface area contributed by atoms with Crippen molar-refractivity contribution in [2.45, 2.75) is 43.2 Å². The van der Waals surface area contributed by atoms with Crippen LogP contribution in [0.5, 0.6) is 0 Å². The van der Waals surface area contributed by atoms with Crippen LogP contribution >= 0.6 is 11.8 Å². The number of carbonyl (C=O) groups excluding carboxylic acids is 1. The quantitative estimate of drug-likeness (QED) is 0.511. The topological polar surface area (TPSA) is 54.9 Å². The Morgan fingerprint density at radius 1 is 0.963 bits per heavy atom. The van der Waals surface area contributed by atoms with Crippen LogP contribution in [-0.4, -0.2) is 27.7 Å². The second-order valence-electron chi connectivity index (χ2n) is 6.93. The molecule has 4 rings (SSSR count). The first-order valence-electron chi connectivity index (χ1n) is 9.54. The summed E-state index contributed by atoms with van der Waals surface area (Å²) in [5, 5.41) is 5.03. The van der Waals surface area contributed by atoms with Crippen molar-refractivity contribution in [2.75, 3.05) is 5.75 Å². The molecule has 0 spiro atoms. The number of rotatable bonds is 5. The number of benzene rings is 2. The van der Waals surface area contributed by atoms with Crippen molar-refractivity contribution in [3.05, 3.63) is 54.6 Å². The lowest BCUT2D eigenvalue weighted by Crippen LogP contribution is -2.37. The van der Waals surface area contributed by atoms with Crippen LogP contribution in [0.3, 0.4) is 0 Å². The monoisotopic (exact) mass is 377 g/mol. The third kappa shape index (κ3) is 4.48. The fraction of sp³-hybridized carbons (Fsp3) is 0.318. The minimum atomic E-state index is 0.0934. The summed E-state index contributed by atoms with van der Waals surface area (Å²) in [5.74, 6) is 1.17. The first-order valence-corrected chi connectivity index (χ1v) is 10.5. The summed E-state index contributed by atoms with van der Waals surface area (Å²) in [5.41, 5.74) is 1.89. The first-order chi connectivity index (χ1) is 13.3. The molecular formula is C22H23N3OS. The number of amides is 1. The predicted octanol–water partition coefficient (Wildman–Crippen LogP) is 4.84. The summed E-state index contributed by atoms with van der Waals surface area (Å²) in [4.78, 5) is 21.9. The summed E-state index contributed by atoms with van der Waals surface area (Å²) in [6, 6.07) is 18.3. The van der Waals surface area contributed by atoms with Crippen LogP contribution in [0.1, 0.15) is 32.1 Å². The highest BCUT2D eigenvalue weighted by Crippen LogP contribution is 2.28. The zero-order chi connectivity index (χ0) is 18.5. The average molecular weight is 378 g/mol. The van der Waals surface area contributed by atoms with Gasteiger partial charge in [0.25, 0.3) is 0 Å². The summed E-state index contributed by atoms with van der Waals surface area (Å²) >= 11 is 1.49. The van der Waals surface area contributed by atoms with Crippen LogP contribution in [0.15, 0.2) is 59.6 Å². The lowest BCUT2D eigenvalue weighted by molar-refractivity contribution is -0.119. The molecule has 1 heterocycles. The van der Waals surface area contributed by atoms with E-state index >= 15 is 0 Å². The van der Waals surface area contributed by atoms with Gasteiger partial charge in [-0.3, -0.25) is 4.79 Å². The smallest absolute Gasteiger partial charge is 0.230 e. The number of aromatic nitrogens is 2. The Bertz CT molecular complexity index is 923. The zero-order valence-electron chi connectivity index (χ0n) is 15.2. The molecule has 0 unspecified atom stereocenters. The van der Waals surface area contributed by atoms with Gasteiger partial charge in [0.15, 0.2) is 5.82 Å². The largest absolute Gasteiger partial charge is 0.353 e. The second-order valence-corrected chi connectivity index (χ2v) is 7.89. The third-order valence-corrected chi connectivity index (χ3v) is 5.90. The minimum Gasteiger partial charge on any atom is -0.353 e. The molecule has 1 saturated carbocycles. The minimum absolute atomic E-state index is 0.0934. The van der Waals surface area contributed by atoms with Crippen LogP contribution < -0.4 is 5.32 Å². The van der Waals surface area contributed by atoms with Gasteiger partial charge in [0.2, 0.25) is 5.91 Å². The summed E-state index contributed by atoms with van der Waals surface area (Å²) in [6.07, 6.45) is 5.93. The number of nitrogens with one attached hydrogen (secondary N) is 1. The molecule has 0 bridgehead atoms. The number of para-hydroxylation sites is 1. The van der Waals surface area contributed by atoms with E-state index in [1.165, 1.54) is 31.0 Å². The molecule has 1 aromatic heterocycles. The molecule has 1 N–H and O–H groups in total. The molecule has 0 radical (unpaired) electrons. The van der Waals surface area contributed by atoms with E-state index in [1.807, 2.05) is 54.6 Å². The molecular weight excluding hydrogens is 354 g/mol. The van der Waals surface area contributed by atoms with Crippen LogP contribution in [-0.2, 0) is 4.79 Å². The fourth-order valence-corrected chi connectivity index (χ4v) is 4.35. The maximum atomic E-state index is 12.4. The second kappa shape index (κ2) is 8.53. The number of carbonyl (C=O) groups is 1. The van der Waals surface area contributed by atoms with E-state index in [9.17, 15) is 4.79 Å². The highest BCUT2D eigenvalue weighted by molar-refractivity contribution is 8.00. The summed E-state index contributed by atoms with van der Waals surface area (Å²) < 4.78 is 0. The number of hydrogen-bond donors (Lipinski definition) is 1. The van der Waals surface area contributed by atoms with Crippen molar-refractivity contribution < 1.29 is 4.79 Å². The maximum absolute atomic E-state index is 12.4. The van der Waals surface area contributed by atoms with E-state index in [4.69, 9.17) is 9.97 Å². The van der Waals surface area contributed by atoms with Crippen LogP contribution in [0.25, 0.3) is 22.3 Å². The van der Waals surface area contributed by atoms with Gasteiger partial charge in [-0.05, 0) is 18.9 Å². The number of nitrogens with zero attached hydrogens (tertiary/aromatic N) is 2. The molecule has 2 aromatic carbocycles. The molecule has 5 heteroatoms. The van der Waals surface area contributed by atoms with Crippen molar-refractivity contribution in [2.24, 2.45) is 0 Å². The van der Waals surface area contributed by atoms with Gasteiger partial charge in [0, 0.05) is 17.0 Å². The molecule has 4 nitrogen and oxygen atoms in total. The molecule has 1 aliphatic rings. The van der Waals surface area contributed by atoms with E-state index in [0.29, 0.717) is 17.6 Å².